The normalized spacial score (nSPS) is 16.3. The largest absolute Gasteiger partial charge is 0.468 e. The minimum absolute atomic E-state index is 0.222. The van der Waals surface area contributed by atoms with E-state index < -0.39 is 5.54 Å². The number of amides is 1. The highest BCUT2D eigenvalue weighted by atomic mass is 32.2. The van der Waals surface area contributed by atoms with E-state index in [2.05, 4.69) is 12.2 Å². The Morgan fingerprint density at radius 1 is 1.53 bits per heavy atom. The van der Waals surface area contributed by atoms with Crippen molar-refractivity contribution in [2.75, 3.05) is 0 Å². The van der Waals surface area contributed by atoms with Crippen molar-refractivity contribution >= 4 is 17.7 Å². The fraction of sp³-hybridized carbons (Fsp3) is 0.643. The summed E-state index contributed by atoms with van der Waals surface area (Å²) in [5.74, 6) is 1.46. The zero-order chi connectivity index (χ0) is 14.5. The molecule has 4 nitrogen and oxygen atoms in total. The predicted octanol–water partition coefficient (Wildman–Crippen LogP) is 2.53. The average Bonchev–Trinajstić information content (AvgIpc) is 2.77. The average molecular weight is 284 g/mol. The van der Waals surface area contributed by atoms with Gasteiger partial charge in [0.1, 0.15) is 5.76 Å². The van der Waals surface area contributed by atoms with Gasteiger partial charge in [-0.05, 0) is 39.3 Å². The number of hydrogen-bond acceptors (Lipinski definition) is 4. The van der Waals surface area contributed by atoms with Crippen molar-refractivity contribution in [1.82, 2.24) is 5.32 Å². The molecule has 19 heavy (non-hydrogen) atoms. The highest BCUT2D eigenvalue weighted by Gasteiger charge is 2.33. The lowest BCUT2D eigenvalue weighted by Gasteiger charge is -2.32. The molecule has 3 N–H and O–H groups in total. The van der Waals surface area contributed by atoms with Crippen LogP contribution in [0.3, 0.4) is 0 Å². The van der Waals surface area contributed by atoms with E-state index in [9.17, 15) is 4.79 Å². The van der Waals surface area contributed by atoms with Gasteiger partial charge < -0.3 is 15.5 Å². The Bertz CT molecular complexity index is 392. The van der Waals surface area contributed by atoms with E-state index in [1.807, 2.05) is 32.9 Å². The fourth-order valence-corrected chi connectivity index (χ4v) is 3.18. The zero-order valence-electron chi connectivity index (χ0n) is 12.1. The number of carbonyl (C=O) groups excluding carboxylic acids is 1. The molecular weight excluding hydrogens is 260 g/mol. The summed E-state index contributed by atoms with van der Waals surface area (Å²) in [7, 11) is 0. The Kier molecular flexibility index (Phi) is 5.94. The third kappa shape index (κ3) is 5.28. The van der Waals surface area contributed by atoms with Gasteiger partial charge in [-0.25, -0.2) is 0 Å². The van der Waals surface area contributed by atoms with Crippen molar-refractivity contribution in [2.24, 2.45) is 5.73 Å². The van der Waals surface area contributed by atoms with Crippen LogP contribution in [0, 0.1) is 0 Å². The summed E-state index contributed by atoms with van der Waals surface area (Å²) in [5.41, 5.74) is 4.87. The van der Waals surface area contributed by atoms with Gasteiger partial charge in [0.25, 0.3) is 0 Å². The molecule has 2 unspecified atom stereocenters. The van der Waals surface area contributed by atoms with E-state index in [4.69, 9.17) is 10.2 Å². The van der Waals surface area contributed by atoms with E-state index >= 15 is 0 Å². The van der Waals surface area contributed by atoms with Crippen LogP contribution in [0.5, 0.6) is 0 Å². The minimum atomic E-state index is -0.663. The number of primary amides is 1. The summed E-state index contributed by atoms with van der Waals surface area (Å²) in [6.07, 6.45) is 2.38. The third-order valence-electron chi connectivity index (χ3n) is 2.94. The van der Waals surface area contributed by atoms with Crippen LogP contribution >= 0.6 is 11.8 Å². The van der Waals surface area contributed by atoms with E-state index in [1.54, 1.807) is 18.0 Å². The Morgan fingerprint density at radius 2 is 2.21 bits per heavy atom. The first-order valence-electron chi connectivity index (χ1n) is 6.55. The molecule has 1 aromatic rings. The molecule has 1 heterocycles. The quantitative estimate of drug-likeness (QED) is 0.769. The lowest BCUT2D eigenvalue weighted by molar-refractivity contribution is -0.124. The molecule has 1 amide bonds. The maximum Gasteiger partial charge on any atom is 0.237 e. The zero-order valence-corrected chi connectivity index (χ0v) is 12.9. The van der Waals surface area contributed by atoms with Gasteiger partial charge >= 0.3 is 0 Å². The summed E-state index contributed by atoms with van der Waals surface area (Å²) >= 11 is 1.76. The number of hydrogen-bond donors (Lipinski definition) is 2. The highest BCUT2D eigenvalue weighted by Crippen LogP contribution is 2.25. The van der Waals surface area contributed by atoms with Crippen LogP contribution in [0.2, 0.25) is 0 Å². The molecular formula is C14H24N2O2S. The van der Waals surface area contributed by atoms with Crippen LogP contribution in [0.15, 0.2) is 22.8 Å². The predicted molar refractivity (Wildman–Crippen MR) is 80.0 cm³/mol. The van der Waals surface area contributed by atoms with Gasteiger partial charge in [0.05, 0.1) is 17.6 Å². The Labute approximate surface area is 119 Å². The molecule has 0 aromatic carbocycles. The Morgan fingerprint density at radius 3 is 2.68 bits per heavy atom. The second kappa shape index (κ2) is 7.01. The molecule has 0 radical (unpaired) electrons. The molecule has 0 bridgehead atoms. The molecule has 1 rings (SSSR count). The summed E-state index contributed by atoms with van der Waals surface area (Å²) in [4.78, 5) is 11.7. The van der Waals surface area contributed by atoms with Crippen molar-refractivity contribution in [3.63, 3.8) is 0 Å². The van der Waals surface area contributed by atoms with Gasteiger partial charge in [-0.2, -0.15) is 11.8 Å². The monoisotopic (exact) mass is 284 g/mol. The molecule has 0 spiro atoms. The molecule has 0 fully saturated rings. The minimum Gasteiger partial charge on any atom is -0.468 e. The molecule has 108 valence electrons. The van der Waals surface area contributed by atoms with Gasteiger partial charge in [0.15, 0.2) is 0 Å². The maximum atomic E-state index is 11.7. The standard InChI is InChI=1S/C14H24N2O2S/c1-10(2)16-14(4,13(15)17)8-11(3)19-9-12-6-5-7-18-12/h5-7,10-11,16H,8-9H2,1-4H3,(H2,15,17). The van der Waals surface area contributed by atoms with Crippen molar-refractivity contribution < 1.29 is 9.21 Å². The summed E-state index contributed by atoms with van der Waals surface area (Å²) in [6, 6.07) is 4.06. The lowest BCUT2D eigenvalue weighted by Crippen LogP contribution is -2.56. The third-order valence-corrected chi connectivity index (χ3v) is 4.12. The van der Waals surface area contributed by atoms with Crippen LogP contribution in [0.1, 0.15) is 39.9 Å². The number of rotatable bonds is 8. The van der Waals surface area contributed by atoms with Gasteiger partial charge in [0.2, 0.25) is 5.91 Å². The summed E-state index contributed by atoms with van der Waals surface area (Å²) in [5, 5.41) is 3.58. The van der Waals surface area contributed by atoms with Crippen molar-refractivity contribution in [2.45, 2.75) is 56.7 Å². The van der Waals surface area contributed by atoms with E-state index in [1.165, 1.54) is 0 Å². The molecule has 5 heteroatoms. The molecule has 0 saturated carbocycles. The topological polar surface area (TPSA) is 68.3 Å². The van der Waals surface area contributed by atoms with Crippen LogP contribution < -0.4 is 11.1 Å². The van der Waals surface area contributed by atoms with Crippen LogP contribution in [0.4, 0.5) is 0 Å². The van der Waals surface area contributed by atoms with Gasteiger partial charge in [-0.1, -0.05) is 6.92 Å². The number of nitrogens with one attached hydrogen (secondary N) is 1. The highest BCUT2D eigenvalue weighted by molar-refractivity contribution is 7.99. The molecule has 0 aliphatic carbocycles. The van der Waals surface area contributed by atoms with E-state index in [0.29, 0.717) is 11.7 Å². The van der Waals surface area contributed by atoms with Crippen molar-refractivity contribution in [3.05, 3.63) is 24.2 Å². The number of thioether (sulfide) groups is 1. The smallest absolute Gasteiger partial charge is 0.237 e. The number of carbonyl (C=O) groups is 1. The Hall–Kier alpha value is -0.940. The van der Waals surface area contributed by atoms with Gasteiger partial charge in [0, 0.05) is 11.3 Å². The summed E-state index contributed by atoms with van der Waals surface area (Å²) < 4.78 is 5.30. The molecule has 0 saturated heterocycles. The van der Waals surface area contributed by atoms with E-state index in [0.717, 1.165) is 11.5 Å². The van der Waals surface area contributed by atoms with Crippen molar-refractivity contribution in [3.8, 4) is 0 Å². The Balaban J connectivity index is 2.51. The first-order valence-corrected chi connectivity index (χ1v) is 7.60. The van der Waals surface area contributed by atoms with Crippen LogP contribution in [-0.2, 0) is 10.5 Å². The van der Waals surface area contributed by atoms with Gasteiger partial charge in [-0.15, -0.1) is 0 Å². The van der Waals surface area contributed by atoms with E-state index in [-0.39, 0.29) is 11.9 Å². The SMILES string of the molecule is CC(C)NC(C)(CC(C)SCc1ccco1)C(N)=O. The number of furan rings is 1. The van der Waals surface area contributed by atoms with Crippen LogP contribution in [0.25, 0.3) is 0 Å². The van der Waals surface area contributed by atoms with Gasteiger partial charge in [-0.3, -0.25) is 4.79 Å². The summed E-state index contributed by atoms with van der Waals surface area (Å²) in [6.45, 7) is 8.01. The fourth-order valence-electron chi connectivity index (χ4n) is 2.12. The first kappa shape index (κ1) is 16.1. The number of nitrogens with two attached hydrogens (primary N) is 1. The molecule has 0 aliphatic rings. The van der Waals surface area contributed by atoms with Crippen molar-refractivity contribution in [1.29, 1.82) is 0 Å². The lowest BCUT2D eigenvalue weighted by atomic mass is 9.94. The molecule has 0 aliphatic heterocycles. The second-order valence-corrected chi connectivity index (χ2v) is 6.83. The maximum absolute atomic E-state index is 11.7. The first-order chi connectivity index (χ1) is 8.83. The molecule has 1 aromatic heterocycles. The molecule has 2 atom stereocenters. The van der Waals surface area contributed by atoms with Crippen LogP contribution in [-0.4, -0.2) is 22.7 Å². The second-order valence-electron chi connectivity index (χ2n) is 5.40.